The number of nitrogens with zero attached hydrogens (tertiary/aromatic N) is 2. The molecule has 1 heterocycles. The van der Waals surface area contributed by atoms with Crippen LogP contribution in [-0.4, -0.2) is 23.0 Å². The lowest BCUT2D eigenvalue weighted by Gasteiger charge is -2.12. The van der Waals surface area contributed by atoms with Crippen LogP contribution in [0, 0.1) is 28.4 Å². The van der Waals surface area contributed by atoms with Crippen LogP contribution in [0.3, 0.4) is 0 Å². The molecule has 0 saturated heterocycles. The van der Waals surface area contributed by atoms with Gasteiger partial charge < -0.3 is 9.72 Å². The normalized spacial score (nSPS) is 9.96. The van der Waals surface area contributed by atoms with Crippen molar-refractivity contribution in [2.75, 3.05) is 7.11 Å². The molecule has 0 spiro atoms. The maximum atomic E-state index is 12.0. The van der Waals surface area contributed by atoms with E-state index in [0.717, 1.165) is 7.11 Å². The first-order valence-electron chi connectivity index (χ1n) is 6.40. The number of H-pyrrole nitrogens is 1. The minimum atomic E-state index is -0.753. The van der Waals surface area contributed by atoms with Crippen molar-refractivity contribution in [3.63, 3.8) is 0 Å². The fourth-order valence-electron chi connectivity index (χ4n) is 2.25. The monoisotopic (exact) mass is 313 g/mol. The molecule has 1 N–H and O–H groups in total. The number of hydrogen-bond acceptors (Lipinski definition) is 6. The second-order valence-electron chi connectivity index (χ2n) is 4.61. The average Bonchev–Trinajstić information content (AvgIpc) is 2.53. The lowest BCUT2D eigenvalue weighted by atomic mass is 9.94. The van der Waals surface area contributed by atoms with Gasteiger partial charge in [0, 0.05) is 23.4 Å². The van der Waals surface area contributed by atoms with Gasteiger partial charge in [-0.2, -0.15) is 5.26 Å². The van der Waals surface area contributed by atoms with Crippen LogP contribution in [0.1, 0.15) is 21.6 Å². The van der Waals surface area contributed by atoms with Gasteiger partial charge in [0.05, 0.1) is 17.6 Å². The Labute approximate surface area is 130 Å². The fraction of sp³-hybridized carbons (Fsp3) is 0.133. The second-order valence-corrected chi connectivity index (χ2v) is 4.61. The zero-order valence-corrected chi connectivity index (χ0v) is 12.2. The minimum absolute atomic E-state index is 0.0100. The topological polar surface area (TPSA) is 126 Å². The summed E-state index contributed by atoms with van der Waals surface area (Å²) in [4.78, 5) is 36.8. The van der Waals surface area contributed by atoms with Gasteiger partial charge >= 0.3 is 5.97 Å². The summed E-state index contributed by atoms with van der Waals surface area (Å²) in [5.74, 6) is -0.753. The SMILES string of the molecule is COC(=O)c1c(C)[nH]c(=O)c(C#N)c1-c1cccc([N+](=O)[O-])c1. The molecular weight excluding hydrogens is 302 g/mol. The number of carbonyl (C=O) groups is 1. The summed E-state index contributed by atoms with van der Waals surface area (Å²) in [5.41, 5.74) is -0.781. The Kier molecular flexibility index (Phi) is 4.23. The number of non-ortho nitro benzene ring substituents is 1. The van der Waals surface area contributed by atoms with Gasteiger partial charge in [0.25, 0.3) is 11.2 Å². The molecule has 1 aromatic carbocycles. The number of methoxy groups -OCH3 is 1. The number of nitro benzene ring substituents is 1. The summed E-state index contributed by atoms with van der Waals surface area (Å²) in [7, 11) is 1.16. The number of nitrogens with one attached hydrogen (secondary N) is 1. The van der Waals surface area contributed by atoms with E-state index in [2.05, 4.69) is 4.98 Å². The van der Waals surface area contributed by atoms with Crippen LogP contribution in [0.25, 0.3) is 11.1 Å². The molecule has 0 aliphatic rings. The van der Waals surface area contributed by atoms with Crippen LogP contribution in [-0.2, 0) is 4.74 Å². The quantitative estimate of drug-likeness (QED) is 0.524. The molecule has 2 aromatic rings. The summed E-state index contributed by atoms with van der Waals surface area (Å²) in [6.07, 6.45) is 0. The maximum absolute atomic E-state index is 12.0. The van der Waals surface area contributed by atoms with Crippen molar-refractivity contribution >= 4 is 11.7 Å². The molecule has 2 rings (SSSR count). The number of carbonyl (C=O) groups excluding carboxylic acids is 1. The Morgan fingerprint density at radius 3 is 2.70 bits per heavy atom. The molecule has 0 amide bonds. The Balaban J connectivity index is 2.92. The summed E-state index contributed by atoms with van der Waals surface area (Å²) < 4.78 is 4.69. The number of nitriles is 1. The molecule has 0 saturated carbocycles. The first kappa shape index (κ1) is 15.9. The number of aromatic amines is 1. The largest absolute Gasteiger partial charge is 0.465 e. The standard InChI is InChI=1S/C15H11N3O5/c1-8-12(15(20)23-2)13(11(7-16)14(19)17-8)9-4-3-5-10(6-9)18(21)22/h3-6H,1-2H3,(H,17,19). The van der Waals surface area contributed by atoms with Crippen molar-refractivity contribution in [2.45, 2.75) is 6.92 Å². The van der Waals surface area contributed by atoms with E-state index >= 15 is 0 Å². The molecule has 1 aromatic heterocycles. The first-order valence-corrected chi connectivity index (χ1v) is 6.40. The summed E-state index contributed by atoms with van der Waals surface area (Å²) >= 11 is 0. The highest BCUT2D eigenvalue weighted by Crippen LogP contribution is 2.30. The number of aromatic nitrogens is 1. The summed E-state index contributed by atoms with van der Waals surface area (Å²) in [6, 6.07) is 7.09. The molecule has 0 atom stereocenters. The van der Waals surface area contributed by atoms with Crippen LogP contribution >= 0.6 is 0 Å². The highest BCUT2D eigenvalue weighted by Gasteiger charge is 2.24. The fourth-order valence-corrected chi connectivity index (χ4v) is 2.25. The molecule has 0 unspecified atom stereocenters. The van der Waals surface area contributed by atoms with Crippen molar-refractivity contribution in [2.24, 2.45) is 0 Å². The van der Waals surface area contributed by atoms with E-state index in [1.807, 2.05) is 0 Å². The number of benzene rings is 1. The molecule has 8 heteroatoms. The number of ether oxygens (including phenoxy) is 1. The summed E-state index contributed by atoms with van der Waals surface area (Å²) in [5, 5.41) is 20.2. The zero-order valence-electron chi connectivity index (χ0n) is 12.2. The third-order valence-electron chi connectivity index (χ3n) is 3.25. The number of hydrogen-bond donors (Lipinski definition) is 1. The minimum Gasteiger partial charge on any atom is -0.465 e. The molecule has 116 valence electrons. The van der Waals surface area contributed by atoms with E-state index in [0.29, 0.717) is 0 Å². The van der Waals surface area contributed by atoms with Crippen LogP contribution in [0.4, 0.5) is 5.69 Å². The van der Waals surface area contributed by atoms with Crippen LogP contribution in [0.2, 0.25) is 0 Å². The number of aryl methyl sites for hydroxylation is 1. The van der Waals surface area contributed by atoms with Gasteiger partial charge in [-0.3, -0.25) is 14.9 Å². The average molecular weight is 313 g/mol. The van der Waals surface area contributed by atoms with Crippen LogP contribution in [0.15, 0.2) is 29.1 Å². The lowest BCUT2D eigenvalue weighted by Crippen LogP contribution is -2.19. The van der Waals surface area contributed by atoms with Gasteiger partial charge in [-0.15, -0.1) is 0 Å². The lowest BCUT2D eigenvalue weighted by molar-refractivity contribution is -0.384. The smallest absolute Gasteiger partial charge is 0.340 e. The van der Waals surface area contributed by atoms with Gasteiger partial charge in [-0.1, -0.05) is 12.1 Å². The van der Waals surface area contributed by atoms with E-state index in [1.54, 1.807) is 6.07 Å². The van der Waals surface area contributed by atoms with Crippen LogP contribution in [0.5, 0.6) is 0 Å². The maximum Gasteiger partial charge on any atom is 0.340 e. The molecule has 0 fully saturated rings. The van der Waals surface area contributed by atoms with E-state index in [-0.39, 0.29) is 33.6 Å². The molecule has 0 radical (unpaired) electrons. The highest BCUT2D eigenvalue weighted by atomic mass is 16.6. The predicted octanol–water partition coefficient (Wildman–Crippen LogP) is 1.92. The Hall–Kier alpha value is -3.47. The predicted molar refractivity (Wildman–Crippen MR) is 79.9 cm³/mol. The van der Waals surface area contributed by atoms with E-state index in [4.69, 9.17) is 4.74 Å². The number of rotatable bonds is 3. The Morgan fingerprint density at radius 2 is 2.13 bits per heavy atom. The molecular formula is C15H11N3O5. The van der Waals surface area contributed by atoms with E-state index in [1.165, 1.54) is 31.2 Å². The molecule has 0 aliphatic carbocycles. The van der Waals surface area contributed by atoms with Gasteiger partial charge in [-0.25, -0.2) is 4.79 Å². The van der Waals surface area contributed by atoms with Crippen molar-refractivity contribution in [3.05, 3.63) is 61.6 Å². The van der Waals surface area contributed by atoms with Crippen LogP contribution < -0.4 is 5.56 Å². The van der Waals surface area contributed by atoms with Gasteiger partial charge in [0.1, 0.15) is 11.6 Å². The van der Waals surface area contributed by atoms with Gasteiger partial charge in [0.2, 0.25) is 0 Å². The Morgan fingerprint density at radius 1 is 1.43 bits per heavy atom. The molecule has 0 bridgehead atoms. The number of nitro groups is 1. The van der Waals surface area contributed by atoms with Crippen molar-refractivity contribution in [1.29, 1.82) is 5.26 Å². The molecule has 0 aliphatic heterocycles. The van der Waals surface area contributed by atoms with E-state index < -0.39 is 16.5 Å². The second kappa shape index (κ2) is 6.11. The van der Waals surface area contributed by atoms with Crippen molar-refractivity contribution < 1.29 is 14.5 Å². The molecule has 8 nitrogen and oxygen atoms in total. The summed E-state index contributed by atoms with van der Waals surface area (Å²) in [6.45, 7) is 1.48. The number of pyridine rings is 1. The van der Waals surface area contributed by atoms with Crippen molar-refractivity contribution in [1.82, 2.24) is 4.98 Å². The third-order valence-corrected chi connectivity index (χ3v) is 3.25. The van der Waals surface area contributed by atoms with Crippen molar-refractivity contribution in [3.8, 4) is 17.2 Å². The Bertz CT molecular complexity index is 908. The first-order chi connectivity index (χ1) is 10.9. The number of esters is 1. The van der Waals surface area contributed by atoms with E-state index in [9.17, 15) is 25.0 Å². The zero-order chi connectivity index (χ0) is 17.1. The van der Waals surface area contributed by atoms with Gasteiger partial charge in [0.15, 0.2) is 0 Å². The molecule has 23 heavy (non-hydrogen) atoms. The highest BCUT2D eigenvalue weighted by molar-refractivity contribution is 5.99. The van der Waals surface area contributed by atoms with Gasteiger partial charge in [-0.05, 0) is 12.5 Å². The third kappa shape index (κ3) is 2.80.